The lowest BCUT2D eigenvalue weighted by Gasteiger charge is -2.09. The van der Waals surface area contributed by atoms with Gasteiger partial charge in [0.25, 0.3) is 0 Å². The maximum atomic E-state index is 12.1. The molecule has 0 saturated carbocycles. The first-order valence-electron chi connectivity index (χ1n) is 8.99. The van der Waals surface area contributed by atoms with Gasteiger partial charge in [-0.15, -0.1) is 0 Å². The Balaban J connectivity index is 1.62. The molecule has 0 aliphatic carbocycles. The lowest BCUT2D eigenvalue weighted by molar-refractivity contribution is -0.126. The van der Waals surface area contributed by atoms with E-state index < -0.39 is 11.8 Å². The summed E-state index contributed by atoms with van der Waals surface area (Å²) in [6, 6.07) is 18.4. The van der Waals surface area contributed by atoms with Gasteiger partial charge in [0.2, 0.25) is 11.8 Å². The first kappa shape index (κ1) is 19.1. The fourth-order valence-corrected chi connectivity index (χ4v) is 2.92. The zero-order valence-corrected chi connectivity index (χ0v) is 15.5. The molecular weight excluding hydrogens is 354 g/mol. The molecule has 0 fully saturated rings. The molecule has 0 unspecified atom stereocenters. The number of hydrogen-bond donors (Lipinski definition) is 3. The van der Waals surface area contributed by atoms with Crippen LogP contribution in [0.25, 0.3) is 10.8 Å². The van der Waals surface area contributed by atoms with Gasteiger partial charge in [-0.2, -0.15) is 5.10 Å². The maximum Gasteiger partial charge on any atom is 0.249 e. The van der Waals surface area contributed by atoms with Crippen LogP contribution in [0.5, 0.6) is 5.75 Å². The minimum absolute atomic E-state index is 0.0608. The number of rotatable bonds is 6. The van der Waals surface area contributed by atoms with Crippen molar-refractivity contribution in [3.8, 4) is 5.75 Å². The van der Waals surface area contributed by atoms with E-state index in [0.717, 1.165) is 22.8 Å². The van der Waals surface area contributed by atoms with Gasteiger partial charge in [-0.05, 0) is 34.9 Å². The molecule has 3 rings (SSSR count). The van der Waals surface area contributed by atoms with E-state index in [2.05, 4.69) is 15.8 Å². The number of phenols is 1. The van der Waals surface area contributed by atoms with Crippen LogP contribution in [0.3, 0.4) is 0 Å². The Hall–Kier alpha value is -3.67. The van der Waals surface area contributed by atoms with Crippen molar-refractivity contribution < 1.29 is 14.7 Å². The quantitative estimate of drug-likeness (QED) is 0.349. The van der Waals surface area contributed by atoms with Gasteiger partial charge < -0.3 is 10.4 Å². The van der Waals surface area contributed by atoms with E-state index in [4.69, 9.17) is 0 Å². The van der Waals surface area contributed by atoms with E-state index in [-0.39, 0.29) is 12.2 Å². The average molecular weight is 375 g/mol. The Kier molecular flexibility index (Phi) is 6.01. The van der Waals surface area contributed by atoms with E-state index in [1.54, 1.807) is 18.2 Å². The van der Waals surface area contributed by atoms with Crippen molar-refractivity contribution in [2.75, 3.05) is 5.32 Å². The molecule has 0 heterocycles. The summed E-state index contributed by atoms with van der Waals surface area (Å²) in [5.74, 6) is -0.894. The summed E-state index contributed by atoms with van der Waals surface area (Å²) in [5.41, 5.74) is 4.53. The van der Waals surface area contributed by atoms with Crippen LogP contribution >= 0.6 is 0 Å². The molecule has 6 nitrogen and oxygen atoms in total. The standard InChI is InChI=1S/C22H21N3O3/c1-2-15-7-4-6-10-19(15)24-21(27)13-22(28)25-23-14-18-17-9-5-3-8-16(17)11-12-20(18)26/h3-12,14,26H,2,13H2,1H3,(H,24,27)(H,25,28). The number of carbonyl (C=O) groups excluding carboxylic acids is 2. The number of fused-ring (bicyclic) bond motifs is 1. The van der Waals surface area contributed by atoms with Gasteiger partial charge >= 0.3 is 0 Å². The summed E-state index contributed by atoms with van der Waals surface area (Å²) < 4.78 is 0. The third-order valence-corrected chi connectivity index (χ3v) is 4.32. The molecule has 0 atom stereocenters. The van der Waals surface area contributed by atoms with Crippen molar-refractivity contribution in [3.05, 3.63) is 71.8 Å². The highest BCUT2D eigenvalue weighted by Crippen LogP contribution is 2.25. The number of benzene rings is 3. The molecule has 3 aromatic carbocycles. The molecule has 6 heteroatoms. The van der Waals surface area contributed by atoms with Gasteiger partial charge in [0, 0.05) is 11.3 Å². The summed E-state index contributed by atoms with van der Waals surface area (Å²) in [6.45, 7) is 2.00. The van der Waals surface area contributed by atoms with Gasteiger partial charge in [0.05, 0.1) is 6.21 Å². The molecular formula is C22H21N3O3. The van der Waals surface area contributed by atoms with Crippen molar-refractivity contribution in [3.63, 3.8) is 0 Å². The number of amides is 2. The third kappa shape index (κ3) is 4.54. The Labute approximate surface area is 162 Å². The van der Waals surface area contributed by atoms with E-state index in [9.17, 15) is 14.7 Å². The van der Waals surface area contributed by atoms with Crippen LogP contribution in [0.15, 0.2) is 65.8 Å². The summed E-state index contributed by atoms with van der Waals surface area (Å²) in [7, 11) is 0. The third-order valence-electron chi connectivity index (χ3n) is 4.32. The highest BCUT2D eigenvalue weighted by molar-refractivity contribution is 6.05. The topological polar surface area (TPSA) is 90.8 Å². The minimum Gasteiger partial charge on any atom is -0.507 e. The minimum atomic E-state index is -0.539. The van der Waals surface area contributed by atoms with Crippen LogP contribution < -0.4 is 10.7 Å². The predicted molar refractivity (Wildman–Crippen MR) is 110 cm³/mol. The molecule has 0 spiro atoms. The number of phenolic OH excluding ortho intramolecular Hbond substituents is 1. The van der Waals surface area contributed by atoms with E-state index in [0.29, 0.717) is 11.3 Å². The predicted octanol–water partition coefficient (Wildman–Crippen LogP) is 3.59. The summed E-state index contributed by atoms with van der Waals surface area (Å²) in [4.78, 5) is 24.1. The molecule has 142 valence electrons. The fraction of sp³-hybridized carbons (Fsp3) is 0.136. The van der Waals surface area contributed by atoms with Gasteiger partial charge in [0.1, 0.15) is 12.2 Å². The second-order valence-corrected chi connectivity index (χ2v) is 6.25. The van der Waals surface area contributed by atoms with Crippen molar-refractivity contribution in [2.45, 2.75) is 19.8 Å². The van der Waals surface area contributed by atoms with Crippen LogP contribution in [-0.2, 0) is 16.0 Å². The van der Waals surface area contributed by atoms with Crippen LogP contribution in [0, 0.1) is 0 Å². The highest BCUT2D eigenvalue weighted by atomic mass is 16.3. The zero-order chi connectivity index (χ0) is 19.9. The van der Waals surface area contributed by atoms with Crippen molar-refractivity contribution in [1.29, 1.82) is 0 Å². The number of aromatic hydroxyl groups is 1. The van der Waals surface area contributed by atoms with Crippen LogP contribution in [0.1, 0.15) is 24.5 Å². The Morgan fingerprint density at radius 1 is 1.00 bits per heavy atom. The molecule has 3 aromatic rings. The number of nitrogens with one attached hydrogen (secondary N) is 2. The molecule has 0 bridgehead atoms. The van der Waals surface area contributed by atoms with Gasteiger partial charge in [-0.25, -0.2) is 5.43 Å². The van der Waals surface area contributed by atoms with Gasteiger partial charge in [-0.3, -0.25) is 9.59 Å². The average Bonchev–Trinajstić information content (AvgIpc) is 2.70. The Morgan fingerprint density at radius 2 is 1.75 bits per heavy atom. The second-order valence-electron chi connectivity index (χ2n) is 6.25. The molecule has 3 N–H and O–H groups in total. The summed E-state index contributed by atoms with van der Waals surface area (Å²) in [6.07, 6.45) is 1.80. The van der Waals surface area contributed by atoms with Crippen molar-refractivity contribution >= 4 is 34.5 Å². The van der Waals surface area contributed by atoms with E-state index in [1.807, 2.05) is 49.4 Å². The normalized spacial score (nSPS) is 10.9. The summed E-state index contributed by atoms with van der Waals surface area (Å²) >= 11 is 0. The lowest BCUT2D eigenvalue weighted by atomic mass is 10.0. The number of aryl methyl sites for hydroxylation is 1. The fourth-order valence-electron chi connectivity index (χ4n) is 2.92. The van der Waals surface area contributed by atoms with E-state index in [1.165, 1.54) is 6.21 Å². The number of hydrazone groups is 1. The summed E-state index contributed by atoms with van der Waals surface area (Å²) in [5, 5.41) is 18.4. The monoisotopic (exact) mass is 375 g/mol. The first-order chi connectivity index (χ1) is 13.6. The van der Waals surface area contributed by atoms with Crippen LogP contribution in [-0.4, -0.2) is 23.1 Å². The maximum absolute atomic E-state index is 12.1. The van der Waals surface area contributed by atoms with Crippen LogP contribution in [0.4, 0.5) is 5.69 Å². The first-order valence-corrected chi connectivity index (χ1v) is 8.99. The number of nitrogens with zero attached hydrogens (tertiary/aromatic N) is 1. The smallest absolute Gasteiger partial charge is 0.249 e. The molecule has 28 heavy (non-hydrogen) atoms. The molecule has 0 aromatic heterocycles. The Bertz CT molecular complexity index is 1040. The van der Waals surface area contributed by atoms with Gasteiger partial charge in [0.15, 0.2) is 0 Å². The Morgan fingerprint density at radius 3 is 2.57 bits per heavy atom. The van der Waals surface area contributed by atoms with Gasteiger partial charge in [-0.1, -0.05) is 55.5 Å². The largest absolute Gasteiger partial charge is 0.507 e. The molecule has 2 amide bonds. The number of carbonyl (C=O) groups is 2. The number of para-hydroxylation sites is 1. The highest BCUT2D eigenvalue weighted by Gasteiger charge is 2.11. The number of hydrogen-bond acceptors (Lipinski definition) is 4. The second kappa shape index (κ2) is 8.81. The number of anilines is 1. The SMILES string of the molecule is CCc1ccccc1NC(=O)CC(=O)NN=Cc1c(O)ccc2ccccc12. The van der Waals surface area contributed by atoms with Crippen molar-refractivity contribution in [1.82, 2.24) is 5.43 Å². The molecule has 0 saturated heterocycles. The lowest BCUT2D eigenvalue weighted by Crippen LogP contribution is -2.25. The molecule has 0 aliphatic rings. The molecule has 0 radical (unpaired) electrons. The van der Waals surface area contributed by atoms with Crippen LogP contribution in [0.2, 0.25) is 0 Å². The zero-order valence-electron chi connectivity index (χ0n) is 15.5. The van der Waals surface area contributed by atoms with E-state index >= 15 is 0 Å². The molecule has 0 aliphatic heterocycles. The van der Waals surface area contributed by atoms with Crippen molar-refractivity contribution in [2.24, 2.45) is 5.10 Å².